The maximum Gasteiger partial charge on any atom is 0.257 e. The van der Waals surface area contributed by atoms with Crippen molar-refractivity contribution >= 4 is 28.4 Å². The average molecular weight is 387 g/mol. The van der Waals surface area contributed by atoms with Crippen LogP contribution in [0.1, 0.15) is 22.8 Å². The molecule has 1 atom stereocenters. The van der Waals surface area contributed by atoms with Crippen LogP contribution in [0.25, 0.3) is 10.9 Å². The molecule has 2 heterocycles. The molecule has 0 bridgehead atoms. The number of hydrogen-bond acceptors (Lipinski definition) is 3. The minimum Gasteiger partial charge on any atom is -0.487 e. The monoisotopic (exact) mass is 386 g/mol. The molecule has 1 unspecified atom stereocenters. The number of carbonyl (C=O) groups is 1. The molecule has 3 aromatic rings. The zero-order valence-electron chi connectivity index (χ0n) is 14.5. The molecular weight excluding hydrogens is 371 g/mol. The van der Waals surface area contributed by atoms with Crippen LogP contribution >= 0.6 is 11.6 Å². The van der Waals surface area contributed by atoms with Gasteiger partial charge in [0.2, 0.25) is 5.43 Å². The van der Waals surface area contributed by atoms with Gasteiger partial charge >= 0.3 is 0 Å². The summed E-state index contributed by atoms with van der Waals surface area (Å²) in [5.41, 5.74) is 0.413. The second kappa shape index (κ2) is 6.70. The highest BCUT2D eigenvalue weighted by Crippen LogP contribution is 2.33. The molecule has 5 nitrogen and oxygen atoms in total. The van der Waals surface area contributed by atoms with Crippen molar-refractivity contribution in [1.82, 2.24) is 9.88 Å². The van der Waals surface area contributed by atoms with Gasteiger partial charge in [-0.05, 0) is 25.1 Å². The number of nitrogens with one attached hydrogen (secondary N) is 1. The van der Waals surface area contributed by atoms with Gasteiger partial charge in [0.15, 0.2) is 0 Å². The van der Waals surface area contributed by atoms with Gasteiger partial charge in [0.25, 0.3) is 5.91 Å². The molecule has 27 heavy (non-hydrogen) atoms. The standard InChI is InChI=1S/C20H16ClFN2O3/c1-11-9-24-10-13(20(26)23-8-12-4-2-3-5-15(12)22)19(25)17-14(21)6-7-16(27-11)18(17)24/h2-7,10-11H,8-9H2,1H3,(H,23,26). The summed E-state index contributed by atoms with van der Waals surface area (Å²) in [7, 11) is 0. The minimum absolute atomic E-state index is 0.0176. The summed E-state index contributed by atoms with van der Waals surface area (Å²) in [4.78, 5) is 25.5. The normalized spacial score (nSPS) is 15.4. The number of carbonyl (C=O) groups excluding carboxylic acids is 1. The number of amides is 1. The molecule has 0 spiro atoms. The Bertz CT molecular complexity index is 1130. The summed E-state index contributed by atoms with van der Waals surface area (Å²) >= 11 is 6.24. The molecule has 1 amide bonds. The zero-order chi connectivity index (χ0) is 19.1. The summed E-state index contributed by atoms with van der Waals surface area (Å²) < 4.78 is 21.3. The van der Waals surface area contributed by atoms with Gasteiger partial charge in [0.05, 0.1) is 22.5 Å². The number of halogens is 2. The second-order valence-electron chi connectivity index (χ2n) is 6.50. The first-order valence-corrected chi connectivity index (χ1v) is 8.87. The third-order valence-corrected chi connectivity index (χ3v) is 4.87. The van der Waals surface area contributed by atoms with Crippen LogP contribution in [-0.4, -0.2) is 16.6 Å². The number of ether oxygens (including phenoxy) is 1. The van der Waals surface area contributed by atoms with Gasteiger partial charge in [0, 0.05) is 18.3 Å². The molecule has 1 aliphatic rings. The fourth-order valence-corrected chi connectivity index (χ4v) is 3.54. The molecule has 0 radical (unpaired) electrons. The van der Waals surface area contributed by atoms with Crippen molar-refractivity contribution < 1.29 is 13.9 Å². The predicted octanol–water partition coefficient (Wildman–Crippen LogP) is 3.50. The molecule has 4 rings (SSSR count). The number of hydrogen-bond donors (Lipinski definition) is 1. The number of pyridine rings is 1. The lowest BCUT2D eigenvalue weighted by Crippen LogP contribution is -2.32. The van der Waals surface area contributed by atoms with E-state index in [1.54, 1.807) is 30.3 Å². The maximum absolute atomic E-state index is 13.7. The van der Waals surface area contributed by atoms with E-state index in [2.05, 4.69) is 5.32 Å². The highest BCUT2D eigenvalue weighted by molar-refractivity contribution is 6.35. The topological polar surface area (TPSA) is 60.3 Å². The third kappa shape index (κ3) is 3.06. The van der Waals surface area contributed by atoms with Gasteiger partial charge in [-0.3, -0.25) is 9.59 Å². The average Bonchev–Trinajstić information content (AvgIpc) is 2.64. The Morgan fingerprint density at radius 3 is 2.89 bits per heavy atom. The third-order valence-electron chi connectivity index (χ3n) is 4.56. The quantitative estimate of drug-likeness (QED) is 0.749. The van der Waals surface area contributed by atoms with Crippen LogP contribution in [0, 0.1) is 5.82 Å². The van der Waals surface area contributed by atoms with Crippen LogP contribution in [0.15, 0.2) is 47.4 Å². The summed E-state index contributed by atoms with van der Waals surface area (Å²) in [6.45, 7) is 2.37. The Hall–Kier alpha value is -2.86. The van der Waals surface area contributed by atoms with E-state index in [4.69, 9.17) is 16.3 Å². The van der Waals surface area contributed by atoms with Gasteiger partial charge in [0.1, 0.15) is 23.2 Å². The first-order valence-electron chi connectivity index (χ1n) is 8.49. The molecule has 0 saturated carbocycles. The Labute approximate surface area is 159 Å². The number of benzene rings is 2. The molecule has 2 aromatic carbocycles. The molecule has 1 aliphatic heterocycles. The number of rotatable bonds is 3. The fraction of sp³-hybridized carbons (Fsp3) is 0.200. The Morgan fingerprint density at radius 2 is 2.11 bits per heavy atom. The van der Waals surface area contributed by atoms with E-state index in [9.17, 15) is 14.0 Å². The molecule has 0 aliphatic carbocycles. The maximum atomic E-state index is 13.7. The van der Waals surface area contributed by atoms with Gasteiger partial charge in [-0.15, -0.1) is 0 Å². The van der Waals surface area contributed by atoms with E-state index >= 15 is 0 Å². The van der Waals surface area contributed by atoms with Crippen LogP contribution in [0.5, 0.6) is 5.75 Å². The van der Waals surface area contributed by atoms with Crippen molar-refractivity contribution in [3.63, 3.8) is 0 Å². The summed E-state index contributed by atoms with van der Waals surface area (Å²) in [6.07, 6.45) is 1.40. The van der Waals surface area contributed by atoms with Crippen molar-refractivity contribution in [3.05, 3.63) is 74.8 Å². The van der Waals surface area contributed by atoms with Crippen molar-refractivity contribution in [2.75, 3.05) is 0 Å². The largest absolute Gasteiger partial charge is 0.487 e. The zero-order valence-corrected chi connectivity index (χ0v) is 15.2. The first-order chi connectivity index (χ1) is 13.0. The van der Waals surface area contributed by atoms with E-state index in [-0.39, 0.29) is 28.6 Å². The van der Waals surface area contributed by atoms with Crippen LogP contribution in [0.3, 0.4) is 0 Å². The number of nitrogens with zero attached hydrogens (tertiary/aromatic N) is 1. The Kier molecular flexibility index (Phi) is 4.36. The van der Waals surface area contributed by atoms with Gasteiger partial charge < -0.3 is 14.6 Å². The van der Waals surface area contributed by atoms with E-state index < -0.39 is 17.2 Å². The van der Waals surface area contributed by atoms with E-state index in [0.717, 1.165) is 0 Å². The lowest BCUT2D eigenvalue weighted by atomic mass is 10.1. The number of aromatic nitrogens is 1. The van der Waals surface area contributed by atoms with Crippen molar-refractivity contribution in [3.8, 4) is 5.75 Å². The lowest BCUT2D eigenvalue weighted by Gasteiger charge is -2.26. The highest BCUT2D eigenvalue weighted by Gasteiger charge is 2.24. The molecule has 0 fully saturated rings. The predicted molar refractivity (Wildman–Crippen MR) is 101 cm³/mol. The minimum atomic E-state index is -0.575. The van der Waals surface area contributed by atoms with Crippen LogP contribution < -0.4 is 15.5 Å². The Morgan fingerprint density at radius 1 is 1.33 bits per heavy atom. The lowest BCUT2D eigenvalue weighted by molar-refractivity contribution is 0.0948. The van der Waals surface area contributed by atoms with Gasteiger partial charge in [-0.2, -0.15) is 0 Å². The fourth-order valence-electron chi connectivity index (χ4n) is 3.31. The van der Waals surface area contributed by atoms with Crippen LogP contribution in [-0.2, 0) is 13.1 Å². The molecule has 0 saturated heterocycles. The van der Waals surface area contributed by atoms with Crippen LogP contribution in [0.2, 0.25) is 5.02 Å². The van der Waals surface area contributed by atoms with E-state index in [1.807, 2.05) is 11.5 Å². The summed E-state index contributed by atoms with van der Waals surface area (Å²) in [5, 5.41) is 3.12. The van der Waals surface area contributed by atoms with Crippen molar-refractivity contribution in [2.45, 2.75) is 26.1 Å². The van der Waals surface area contributed by atoms with Crippen molar-refractivity contribution in [2.24, 2.45) is 0 Å². The Balaban J connectivity index is 1.75. The summed E-state index contributed by atoms with van der Waals surface area (Å²) in [5.74, 6) is -0.431. The van der Waals surface area contributed by atoms with Gasteiger partial charge in [-0.1, -0.05) is 29.8 Å². The SMILES string of the molecule is CC1Cn2cc(C(=O)NCc3ccccc3F)c(=O)c3c(Cl)ccc(c32)O1. The van der Waals surface area contributed by atoms with Gasteiger partial charge in [-0.25, -0.2) is 4.39 Å². The molecule has 1 N–H and O–H groups in total. The van der Waals surface area contributed by atoms with Crippen molar-refractivity contribution in [1.29, 1.82) is 0 Å². The second-order valence-corrected chi connectivity index (χ2v) is 6.90. The molecule has 1 aromatic heterocycles. The first kappa shape index (κ1) is 17.5. The molecule has 7 heteroatoms. The van der Waals surface area contributed by atoms with E-state index in [1.165, 1.54) is 12.3 Å². The molecule has 138 valence electrons. The van der Waals surface area contributed by atoms with Crippen LogP contribution in [0.4, 0.5) is 4.39 Å². The summed E-state index contributed by atoms with van der Waals surface area (Å²) in [6, 6.07) is 9.46. The van der Waals surface area contributed by atoms with E-state index in [0.29, 0.717) is 23.4 Å². The smallest absolute Gasteiger partial charge is 0.257 e. The highest BCUT2D eigenvalue weighted by atomic mass is 35.5. The molecular formula is C20H16ClFN2O3.